The summed E-state index contributed by atoms with van der Waals surface area (Å²) in [6.45, 7) is 0.911. The normalized spacial score (nSPS) is 14.0. The van der Waals surface area contributed by atoms with Gasteiger partial charge in [0.05, 0.1) is 18.8 Å². The summed E-state index contributed by atoms with van der Waals surface area (Å²) in [5, 5.41) is 8.66. The minimum absolute atomic E-state index is 0.0342. The van der Waals surface area contributed by atoms with Crippen molar-refractivity contribution in [3.8, 4) is 11.5 Å². The lowest BCUT2D eigenvalue weighted by molar-refractivity contribution is -0.131. The molecule has 1 heterocycles. The standard InChI is InChI=1S/C11H10O5/c12-9(11(13)14)7-3-1-4-8-10(7)16-6-2-5-15-8/h1,3-4H,2,5-6H2,(H,13,14). The third-order valence-electron chi connectivity index (χ3n) is 2.21. The molecule has 84 valence electrons. The van der Waals surface area contributed by atoms with E-state index in [0.717, 1.165) is 0 Å². The number of para-hydroxylation sites is 1. The molecule has 0 bridgehead atoms. The van der Waals surface area contributed by atoms with Crippen molar-refractivity contribution < 1.29 is 24.2 Å². The summed E-state index contributed by atoms with van der Waals surface area (Å²) in [5.41, 5.74) is 0.0342. The lowest BCUT2D eigenvalue weighted by Gasteiger charge is -2.09. The molecule has 0 saturated heterocycles. The number of rotatable bonds is 2. The molecule has 1 aliphatic heterocycles. The Kier molecular flexibility index (Phi) is 2.76. The second kappa shape index (κ2) is 4.22. The zero-order valence-electron chi connectivity index (χ0n) is 8.43. The lowest BCUT2D eigenvalue weighted by Crippen LogP contribution is -2.14. The van der Waals surface area contributed by atoms with Crippen molar-refractivity contribution in [2.75, 3.05) is 13.2 Å². The van der Waals surface area contributed by atoms with Gasteiger partial charge in [0.1, 0.15) is 0 Å². The van der Waals surface area contributed by atoms with Gasteiger partial charge in [0.2, 0.25) is 0 Å². The smallest absolute Gasteiger partial charge is 0.377 e. The maximum absolute atomic E-state index is 11.4. The van der Waals surface area contributed by atoms with Crippen molar-refractivity contribution in [2.45, 2.75) is 6.42 Å². The summed E-state index contributed by atoms with van der Waals surface area (Å²) in [4.78, 5) is 22.0. The van der Waals surface area contributed by atoms with E-state index in [1.165, 1.54) is 6.07 Å². The fraction of sp³-hybridized carbons (Fsp3) is 0.273. The van der Waals surface area contributed by atoms with Crippen LogP contribution in [0.3, 0.4) is 0 Å². The van der Waals surface area contributed by atoms with Gasteiger partial charge in [0.25, 0.3) is 5.78 Å². The summed E-state index contributed by atoms with van der Waals surface area (Å²) in [5.74, 6) is -1.83. The molecule has 0 atom stereocenters. The van der Waals surface area contributed by atoms with Gasteiger partial charge in [-0.3, -0.25) is 4.79 Å². The number of benzene rings is 1. The van der Waals surface area contributed by atoms with Crippen molar-refractivity contribution in [3.05, 3.63) is 23.8 Å². The first-order chi connectivity index (χ1) is 7.70. The first-order valence-corrected chi connectivity index (χ1v) is 4.86. The first kappa shape index (κ1) is 10.5. The Labute approximate surface area is 91.6 Å². The summed E-state index contributed by atoms with van der Waals surface area (Å²) in [6, 6.07) is 4.65. The maximum atomic E-state index is 11.4. The van der Waals surface area contributed by atoms with E-state index in [1.807, 2.05) is 0 Å². The van der Waals surface area contributed by atoms with Gasteiger partial charge in [0.15, 0.2) is 11.5 Å². The summed E-state index contributed by atoms with van der Waals surface area (Å²) >= 11 is 0. The van der Waals surface area contributed by atoms with Crippen LogP contribution in [0.4, 0.5) is 0 Å². The van der Waals surface area contributed by atoms with Gasteiger partial charge in [-0.25, -0.2) is 4.79 Å². The zero-order valence-corrected chi connectivity index (χ0v) is 8.43. The molecule has 0 spiro atoms. The first-order valence-electron chi connectivity index (χ1n) is 4.86. The van der Waals surface area contributed by atoms with Crippen LogP contribution < -0.4 is 9.47 Å². The van der Waals surface area contributed by atoms with Crippen molar-refractivity contribution in [3.63, 3.8) is 0 Å². The van der Waals surface area contributed by atoms with Crippen LogP contribution in [-0.2, 0) is 4.79 Å². The van der Waals surface area contributed by atoms with E-state index in [0.29, 0.717) is 25.4 Å². The van der Waals surface area contributed by atoms with Gasteiger partial charge in [-0.15, -0.1) is 0 Å². The number of carbonyl (C=O) groups excluding carboxylic acids is 1. The number of fused-ring (bicyclic) bond motifs is 1. The molecule has 0 saturated carbocycles. The van der Waals surface area contributed by atoms with Crippen LogP contribution in [0.2, 0.25) is 0 Å². The Morgan fingerprint density at radius 1 is 1.19 bits per heavy atom. The number of ether oxygens (including phenoxy) is 2. The van der Waals surface area contributed by atoms with Crippen LogP contribution in [0, 0.1) is 0 Å². The van der Waals surface area contributed by atoms with Crippen LogP contribution in [0.1, 0.15) is 16.8 Å². The van der Waals surface area contributed by atoms with E-state index < -0.39 is 11.8 Å². The molecule has 1 N–H and O–H groups in total. The minimum Gasteiger partial charge on any atom is -0.490 e. The predicted octanol–water partition coefficient (Wildman–Crippen LogP) is 1.12. The van der Waals surface area contributed by atoms with E-state index in [1.54, 1.807) is 12.1 Å². The maximum Gasteiger partial charge on any atom is 0.377 e. The molecule has 2 rings (SSSR count). The van der Waals surface area contributed by atoms with Crippen LogP contribution >= 0.6 is 0 Å². The summed E-state index contributed by atoms with van der Waals surface area (Å²) in [6.07, 6.45) is 0.704. The Morgan fingerprint density at radius 2 is 1.94 bits per heavy atom. The molecule has 0 aromatic heterocycles. The van der Waals surface area contributed by atoms with Crippen LogP contribution in [0.5, 0.6) is 11.5 Å². The number of carboxylic acids is 1. The van der Waals surface area contributed by atoms with Gasteiger partial charge >= 0.3 is 5.97 Å². The van der Waals surface area contributed by atoms with Gasteiger partial charge in [0, 0.05) is 6.42 Å². The van der Waals surface area contributed by atoms with Crippen LogP contribution in [-0.4, -0.2) is 30.1 Å². The van der Waals surface area contributed by atoms with Gasteiger partial charge in [-0.1, -0.05) is 6.07 Å². The molecule has 0 fully saturated rings. The van der Waals surface area contributed by atoms with E-state index in [2.05, 4.69) is 0 Å². The van der Waals surface area contributed by atoms with Gasteiger partial charge in [-0.05, 0) is 12.1 Å². The molecule has 0 amide bonds. The van der Waals surface area contributed by atoms with Crippen LogP contribution in [0.15, 0.2) is 18.2 Å². The molecule has 1 aromatic carbocycles. The molecule has 0 unspecified atom stereocenters. The number of carbonyl (C=O) groups is 2. The van der Waals surface area contributed by atoms with E-state index in [4.69, 9.17) is 14.6 Å². The number of hydrogen-bond acceptors (Lipinski definition) is 4. The lowest BCUT2D eigenvalue weighted by atomic mass is 10.1. The van der Waals surface area contributed by atoms with Gasteiger partial charge in [-0.2, -0.15) is 0 Å². The van der Waals surface area contributed by atoms with Crippen molar-refractivity contribution >= 4 is 11.8 Å². The van der Waals surface area contributed by atoms with Gasteiger partial charge < -0.3 is 14.6 Å². The van der Waals surface area contributed by atoms with Crippen molar-refractivity contribution in [1.29, 1.82) is 0 Å². The highest BCUT2D eigenvalue weighted by Crippen LogP contribution is 2.33. The molecule has 1 aliphatic rings. The molecular weight excluding hydrogens is 212 g/mol. The highest BCUT2D eigenvalue weighted by molar-refractivity contribution is 6.40. The second-order valence-corrected chi connectivity index (χ2v) is 3.32. The third kappa shape index (κ3) is 1.84. The van der Waals surface area contributed by atoms with E-state index in [-0.39, 0.29) is 11.3 Å². The average Bonchev–Trinajstić information content (AvgIpc) is 2.52. The Hall–Kier alpha value is -2.04. The predicted molar refractivity (Wildman–Crippen MR) is 54.0 cm³/mol. The summed E-state index contributed by atoms with van der Waals surface area (Å²) in [7, 11) is 0. The topological polar surface area (TPSA) is 72.8 Å². The fourth-order valence-electron chi connectivity index (χ4n) is 1.49. The number of carboxylic acid groups (broad SMARTS) is 1. The molecular formula is C11H10O5. The minimum atomic E-state index is -1.50. The molecule has 1 aromatic rings. The second-order valence-electron chi connectivity index (χ2n) is 3.32. The third-order valence-corrected chi connectivity index (χ3v) is 2.21. The quantitative estimate of drug-likeness (QED) is 0.599. The SMILES string of the molecule is O=C(O)C(=O)c1cccc2c1OCCCO2. The fourth-order valence-corrected chi connectivity index (χ4v) is 1.49. The largest absolute Gasteiger partial charge is 0.490 e. The highest BCUT2D eigenvalue weighted by atomic mass is 16.5. The average molecular weight is 222 g/mol. The number of aliphatic carboxylic acids is 1. The van der Waals surface area contributed by atoms with Crippen molar-refractivity contribution in [1.82, 2.24) is 0 Å². The Bertz CT molecular complexity index is 438. The highest BCUT2D eigenvalue weighted by Gasteiger charge is 2.23. The van der Waals surface area contributed by atoms with Crippen LogP contribution in [0.25, 0.3) is 0 Å². The number of Topliss-reactive ketones (excluding diaryl/α,β-unsaturated/α-hetero) is 1. The molecule has 5 nitrogen and oxygen atoms in total. The molecule has 0 radical (unpaired) electrons. The van der Waals surface area contributed by atoms with E-state index >= 15 is 0 Å². The monoisotopic (exact) mass is 222 g/mol. The molecule has 0 aliphatic carbocycles. The summed E-state index contributed by atoms with van der Waals surface area (Å²) < 4.78 is 10.7. The zero-order chi connectivity index (χ0) is 11.5. The Morgan fingerprint density at radius 3 is 2.69 bits per heavy atom. The molecule has 5 heteroatoms. The molecule has 16 heavy (non-hydrogen) atoms. The van der Waals surface area contributed by atoms with E-state index in [9.17, 15) is 9.59 Å². The number of hydrogen-bond donors (Lipinski definition) is 1. The Balaban J connectivity index is 2.46. The van der Waals surface area contributed by atoms with Crippen molar-refractivity contribution in [2.24, 2.45) is 0 Å². The number of ketones is 1.